The standard InChI is InChI=1S/C30H32BrNO7/c1-16-26(30(35)39-15-19-7-6-10-38-19)27(18-11-21(31)29(34)25(14-18)37-3)28-22(32-16)12-17(13-23(28)33)20-8-4-5-9-24(20)36-2/h4-5,8-9,11,14,17,19,27,32,34H,6-7,10,12-13,15H2,1-3H3/t17-,19+,27+/m1/s1. The molecule has 2 aromatic carbocycles. The Hall–Kier alpha value is -3.30. The first-order valence-corrected chi connectivity index (χ1v) is 13.8. The van der Waals surface area contributed by atoms with Crippen molar-refractivity contribution in [1.82, 2.24) is 5.32 Å². The minimum absolute atomic E-state index is 0.0567. The van der Waals surface area contributed by atoms with Gasteiger partial charge in [-0.1, -0.05) is 18.2 Å². The summed E-state index contributed by atoms with van der Waals surface area (Å²) in [4.78, 5) is 27.5. The number of hydrogen-bond donors (Lipinski definition) is 2. The Kier molecular flexibility index (Phi) is 8.00. The summed E-state index contributed by atoms with van der Waals surface area (Å²) >= 11 is 3.40. The number of allylic oxidation sites excluding steroid dienone is 3. The number of phenols is 1. The Bertz CT molecular complexity index is 1360. The molecule has 8 nitrogen and oxygen atoms in total. The maximum atomic E-state index is 13.9. The van der Waals surface area contributed by atoms with Crippen LogP contribution in [0.2, 0.25) is 0 Å². The molecule has 206 valence electrons. The molecular weight excluding hydrogens is 566 g/mol. The SMILES string of the molecule is COc1ccccc1[C@H]1CC(=O)C2=C(C1)NC(C)=C(C(=O)OC[C@@H]1CCCO1)[C@@H]2c1cc(Br)c(O)c(OC)c1. The zero-order chi connectivity index (χ0) is 27.7. The highest BCUT2D eigenvalue weighted by Crippen LogP contribution is 2.49. The molecule has 39 heavy (non-hydrogen) atoms. The number of phenolic OH excluding ortho intramolecular Hbond substituents is 1. The van der Waals surface area contributed by atoms with Crippen LogP contribution < -0.4 is 14.8 Å². The number of esters is 1. The molecule has 3 atom stereocenters. The van der Waals surface area contributed by atoms with Gasteiger partial charge in [0, 0.05) is 41.8 Å². The van der Waals surface area contributed by atoms with Crippen molar-refractivity contribution in [2.24, 2.45) is 0 Å². The average molecular weight is 598 g/mol. The average Bonchev–Trinajstić information content (AvgIpc) is 3.46. The molecule has 2 N–H and O–H groups in total. The predicted molar refractivity (Wildman–Crippen MR) is 148 cm³/mol. The quantitative estimate of drug-likeness (QED) is 0.417. The summed E-state index contributed by atoms with van der Waals surface area (Å²) < 4.78 is 22.7. The molecule has 0 saturated carbocycles. The third-order valence-corrected chi connectivity index (χ3v) is 8.26. The normalized spacial score (nSPS) is 22.9. The van der Waals surface area contributed by atoms with Crippen molar-refractivity contribution in [3.63, 3.8) is 0 Å². The number of Topliss-reactive ketones (excluding diaryl/α,β-unsaturated/α-hetero) is 1. The van der Waals surface area contributed by atoms with Crippen molar-refractivity contribution in [2.75, 3.05) is 27.4 Å². The van der Waals surface area contributed by atoms with Gasteiger partial charge in [-0.2, -0.15) is 0 Å². The first kappa shape index (κ1) is 27.3. The molecule has 2 aromatic rings. The molecule has 0 amide bonds. The van der Waals surface area contributed by atoms with Gasteiger partial charge in [-0.25, -0.2) is 4.79 Å². The van der Waals surface area contributed by atoms with Gasteiger partial charge in [0.1, 0.15) is 12.4 Å². The number of ketones is 1. The topological polar surface area (TPSA) is 103 Å². The number of halogens is 1. The highest BCUT2D eigenvalue weighted by atomic mass is 79.9. The van der Waals surface area contributed by atoms with E-state index in [0.717, 1.165) is 29.9 Å². The number of carbonyl (C=O) groups excluding carboxylic acids is 2. The minimum atomic E-state index is -0.699. The van der Waals surface area contributed by atoms with Gasteiger partial charge in [-0.15, -0.1) is 0 Å². The molecule has 0 spiro atoms. The molecule has 3 aliphatic rings. The molecule has 1 aliphatic carbocycles. The van der Waals surface area contributed by atoms with Gasteiger partial charge in [0.25, 0.3) is 0 Å². The van der Waals surface area contributed by atoms with Crippen molar-refractivity contribution in [3.8, 4) is 17.2 Å². The second-order valence-electron chi connectivity index (χ2n) is 10.0. The minimum Gasteiger partial charge on any atom is -0.503 e. The van der Waals surface area contributed by atoms with Crippen LogP contribution >= 0.6 is 15.9 Å². The van der Waals surface area contributed by atoms with Gasteiger partial charge in [-0.05, 0) is 71.4 Å². The number of methoxy groups -OCH3 is 2. The fourth-order valence-corrected chi connectivity index (χ4v) is 6.26. The summed E-state index contributed by atoms with van der Waals surface area (Å²) in [6.07, 6.45) is 2.50. The van der Waals surface area contributed by atoms with Crippen LogP contribution in [-0.2, 0) is 19.1 Å². The molecule has 0 radical (unpaired) electrons. The number of rotatable bonds is 7. The summed E-state index contributed by atoms with van der Waals surface area (Å²) in [5.41, 5.74) is 3.87. The number of ether oxygens (including phenoxy) is 4. The summed E-state index contributed by atoms with van der Waals surface area (Å²) in [6, 6.07) is 11.1. The predicted octanol–water partition coefficient (Wildman–Crippen LogP) is 5.26. The first-order chi connectivity index (χ1) is 18.8. The number of carbonyl (C=O) groups is 2. The smallest absolute Gasteiger partial charge is 0.336 e. The number of dihydropyridines is 1. The van der Waals surface area contributed by atoms with E-state index in [1.165, 1.54) is 7.11 Å². The first-order valence-electron chi connectivity index (χ1n) is 13.0. The van der Waals surface area contributed by atoms with E-state index in [2.05, 4.69) is 21.2 Å². The monoisotopic (exact) mass is 597 g/mol. The lowest BCUT2D eigenvalue weighted by molar-refractivity contribution is -0.142. The lowest BCUT2D eigenvalue weighted by atomic mass is 9.71. The molecule has 2 heterocycles. The van der Waals surface area contributed by atoms with Crippen molar-refractivity contribution in [3.05, 3.63) is 74.5 Å². The third-order valence-electron chi connectivity index (χ3n) is 7.65. The molecule has 0 aromatic heterocycles. The van der Waals surface area contributed by atoms with Gasteiger partial charge >= 0.3 is 5.97 Å². The van der Waals surface area contributed by atoms with E-state index in [1.807, 2.05) is 31.2 Å². The summed E-state index contributed by atoms with van der Waals surface area (Å²) in [6.45, 7) is 2.64. The van der Waals surface area contributed by atoms with Gasteiger partial charge in [-0.3, -0.25) is 4.79 Å². The lowest BCUT2D eigenvalue weighted by Gasteiger charge is -2.37. The molecule has 9 heteroatoms. The Labute approximate surface area is 236 Å². The van der Waals surface area contributed by atoms with Gasteiger partial charge in [0.2, 0.25) is 0 Å². The summed E-state index contributed by atoms with van der Waals surface area (Å²) in [7, 11) is 3.08. The third kappa shape index (κ3) is 5.30. The van der Waals surface area contributed by atoms with Gasteiger partial charge < -0.3 is 29.4 Å². The van der Waals surface area contributed by atoms with Crippen LogP contribution in [0.15, 0.2) is 63.4 Å². The van der Waals surface area contributed by atoms with Crippen LogP contribution in [0.3, 0.4) is 0 Å². The fourth-order valence-electron chi connectivity index (χ4n) is 5.80. The van der Waals surface area contributed by atoms with Crippen molar-refractivity contribution in [1.29, 1.82) is 0 Å². The van der Waals surface area contributed by atoms with Gasteiger partial charge in [0.05, 0.1) is 30.4 Å². The maximum Gasteiger partial charge on any atom is 0.336 e. The maximum absolute atomic E-state index is 13.9. The molecule has 1 saturated heterocycles. The van der Waals surface area contributed by atoms with Crippen LogP contribution in [0, 0.1) is 0 Å². The number of benzene rings is 2. The van der Waals surface area contributed by atoms with E-state index >= 15 is 0 Å². The Morgan fingerprint density at radius 3 is 2.64 bits per heavy atom. The second kappa shape index (κ2) is 11.4. The largest absolute Gasteiger partial charge is 0.503 e. The number of para-hydroxylation sites is 1. The number of aromatic hydroxyl groups is 1. The van der Waals surface area contributed by atoms with E-state index in [-0.39, 0.29) is 42.3 Å². The summed E-state index contributed by atoms with van der Waals surface area (Å²) in [5.74, 6) is -0.430. The van der Waals surface area contributed by atoms with Crippen molar-refractivity contribution >= 4 is 27.7 Å². The molecule has 5 rings (SSSR count). The Morgan fingerprint density at radius 2 is 1.92 bits per heavy atom. The highest BCUT2D eigenvalue weighted by molar-refractivity contribution is 9.10. The molecular formula is C30H32BrNO7. The zero-order valence-corrected chi connectivity index (χ0v) is 23.8. The van der Waals surface area contributed by atoms with Crippen molar-refractivity contribution < 1.29 is 33.6 Å². The fraction of sp³-hybridized carbons (Fsp3) is 0.400. The summed E-state index contributed by atoms with van der Waals surface area (Å²) in [5, 5.41) is 13.8. The van der Waals surface area contributed by atoms with E-state index in [1.54, 1.807) is 19.2 Å². The van der Waals surface area contributed by atoms with Crippen molar-refractivity contribution in [2.45, 2.75) is 50.5 Å². The lowest BCUT2D eigenvalue weighted by Crippen LogP contribution is -2.36. The van der Waals surface area contributed by atoms with E-state index in [9.17, 15) is 14.7 Å². The molecule has 1 fully saturated rings. The van der Waals surface area contributed by atoms with E-state index in [4.69, 9.17) is 18.9 Å². The Morgan fingerprint density at radius 1 is 1.15 bits per heavy atom. The Balaban J connectivity index is 1.57. The van der Waals surface area contributed by atoms with Crippen LogP contribution in [-0.4, -0.2) is 50.4 Å². The van der Waals surface area contributed by atoms with Crippen LogP contribution in [0.5, 0.6) is 17.2 Å². The highest BCUT2D eigenvalue weighted by Gasteiger charge is 2.42. The number of nitrogens with one attached hydrogen (secondary N) is 1. The van der Waals surface area contributed by atoms with Crippen LogP contribution in [0.25, 0.3) is 0 Å². The number of hydrogen-bond acceptors (Lipinski definition) is 8. The van der Waals surface area contributed by atoms with E-state index in [0.29, 0.717) is 39.9 Å². The van der Waals surface area contributed by atoms with Gasteiger partial charge in [0.15, 0.2) is 17.3 Å². The van der Waals surface area contributed by atoms with Crippen LogP contribution in [0.4, 0.5) is 0 Å². The zero-order valence-electron chi connectivity index (χ0n) is 22.2. The molecule has 0 unspecified atom stereocenters. The molecule has 2 aliphatic heterocycles. The van der Waals surface area contributed by atoms with E-state index < -0.39 is 11.9 Å². The van der Waals surface area contributed by atoms with Crippen LogP contribution in [0.1, 0.15) is 55.6 Å². The molecule has 0 bridgehead atoms. The second-order valence-corrected chi connectivity index (χ2v) is 10.9.